The van der Waals surface area contributed by atoms with Crippen molar-refractivity contribution in [1.29, 1.82) is 0 Å². The van der Waals surface area contributed by atoms with Gasteiger partial charge in [0.2, 0.25) is 0 Å². The number of rotatable bonds is 3. The highest BCUT2D eigenvalue weighted by Gasteiger charge is 2.51. The number of carbonyl (C=O) groups excluding carboxylic acids is 2. The third-order valence-corrected chi connectivity index (χ3v) is 3.45. The summed E-state index contributed by atoms with van der Waals surface area (Å²) in [6.07, 6.45) is -1.00. The van der Waals surface area contributed by atoms with E-state index in [2.05, 4.69) is 9.72 Å². The number of ketones is 1. The molecule has 1 aliphatic heterocycles. The number of ether oxygens (including phenoxy) is 1. The number of nitrogens with zero attached hydrogens (tertiary/aromatic N) is 2. The lowest BCUT2D eigenvalue weighted by Gasteiger charge is -2.34. The van der Waals surface area contributed by atoms with Crippen molar-refractivity contribution in [2.75, 3.05) is 4.90 Å². The second kappa shape index (κ2) is 5.42. The molecule has 2 heterocycles. The van der Waals surface area contributed by atoms with Gasteiger partial charge in [-0.25, -0.2) is 0 Å². The van der Waals surface area contributed by atoms with Gasteiger partial charge < -0.3 is 4.74 Å². The van der Waals surface area contributed by atoms with Crippen LogP contribution >= 0.6 is 0 Å². The molecule has 1 amide bonds. The van der Waals surface area contributed by atoms with E-state index in [1.165, 1.54) is 31.3 Å². The minimum atomic E-state index is -4.03. The number of Topliss-reactive ketones (excluding diaryl/α,β-unsaturated/α-hetero) is 1. The van der Waals surface area contributed by atoms with E-state index in [4.69, 9.17) is 0 Å². The van der Waals surface area contributed by atoms with Crippen molar-refractivity contribution in [3.05, 3.63) is 53.9 Å². The van der Waals surface area contributed by atoms with E-state index in [1.807, 2.05) is 0 Å². The van der Waals surface area contributed by atoms with Gasteiger partial charge in [-0.05, 0) is 30.7 Å². The van der Waals surface area contributed by atoms with E-state index in [9.17, 15) is 18.4 Å². The first kappa shape index (κ1) is 15.1. The molecule has 3 rings (SSSR count). The van der Waals surface area contributed by atoms with Crippen LogP contribution in [0.4, 0.5) is 14.5 Å². The van der Waals surface area contributed by atoms with Crippen molar-refractivity contribution in [3.8, 4) is 5.75 Å². The number of amides is 1. The molecule has 0 atom stereocenters. The molecule has 0 saturated carbocycles. The standard InChI is InChI=1S/C16H12F2N2O3/c1-10(21)12-5-2-6-13-14(12)23-16(17,18)15(22)20(13)9-11-4-3-7-19-8-11/h2-8H,9H2,1H3. The van der Waals surface area contributed by atoms with Crippen LogP contribution in [0.1, 0.15) is 22.8 Å². The van der Waals surface area contributed by atoms with Crippen LogP contribution in [0.5, 0.6) is 5.75 Å². The maximum atomic E-state index is 13.9. The maximum Gasteiger partial charge on any atom is 0.483 e. The number of pyridine rings is 1. The number of hydrogen-bond donors (Lipinski definition) is 0. The molecule has 2 aromatic rings. The van der Waals surface area contributed by atoms with Crippen LogP contribution < -0.4 is 9.64 Å². The highest BCUT2D eigenvalue weighted by molar-refractivity contribution is 6.05. The molecular formula is C16H12F2N2O3. The molecule has 0 saturated heterocycles. The van der Waals surface area contributed by atoms with Crippen molar-refractivity contribution < 1.29 is 23.1 Å². The SMILES string of the molecule is CC(=O)c1cccc2c1OC(F)(F)C(=O)N2Cc1cccnc1. The second-order valence-corrected chi connectivity index (χ2v) is 5.08. The van der Waals surface area contributed by atoms with Crippen LogP contribution in [0.2, 0.25) is 0 Å². The van der Waals surface area contributed by atoms with Gasteiger partial charge >= 0.3 is 12.0 Å². The molecule has 0 unspecified atom stereocenters. The van der Waals surface area contributed by atoms with Crippen molar-refractivity contribution in [2.24, 2.45) is 0 Å². The normalized spacial score (nSPS) is 15.8. The Morgan fingerprint density at radius 2 is 2.09 bits per heavy atom. The fraction of sp³-hybridized carbons (Fsp3) is 0.188. The van der Waals surface area contributed by atoms with E-state index in [0.29, 0.717) is 5.56 Å². The number of hydrogen-bond acceptors (Lipinski definition) is 4. The lowest BCUT2D eigenvalue weighted by molar-refractivity contribution is -0.193. The minimum absolute atomic E-state index is 0.00543. The zero-order valence-corrected chi connectivity index (χ0v) is 12.1. The summed E-state index contributed by atoms with van der Waals surface area (Å²) in [4.78, 5) is 28.5. The summed E-state index contributed by atoms with van der Waals surface area (Å²) in [6, 6.07) is 7.68. The fourth-order valence-corrected chi connectivity index (χ4v) is 2.39. The summed E-state index contributed by atoms with van der Waals surface area (Å²) in [6.45, 7) is 1.15. The topological polar surface area (TPSA) is 59.5 Å². The number of alkyl halides is 2. The van der Waals surface area contributed by atoms with Crippen molar-refractivity contribution in [3.63, 3.8) is 0 Å². The lowest BCUT2D eigenvalue weighted by Crippen LogP contribution is -2.50. The van der Waals surface area contributed by atoms with Crippen LogP contribution in [-0.4, -0.2) is 22.8 Å². The van der Waals surface area contributed by atoms with Gasteiger partial charge in [-0.15, -0.1) is 0 Å². The molecule has 1 aliphatic rings. The molecule has 23 heavy (non-hydrogen) atoms. The molecule has 0 aliphatic carbocycles. The zero-order valence-electron chi connectivity index (χ0n) is 12.1. The average Bonchev–Trinajstić information content (AvgIpc) is 2.52. The Hall–Kier alpha value is -2.83. The number of para-hydroxylation sites is 1. The van der Waals surface area contributed by atoms with Gasteiger partial charge in [-0.2, -0.15) is 8.78 Å². The molecule has 7 heteroatoms. The van der Waals surface area contributed by atoms with Crippen LogP contribution in [0.15, 0.2) is 42.7 Å². The van der Waals surface area contributed by atoms with Gasteiger partial charge in [0.05, 0.1) is 17.8 Å². The van der Waals surface area contributed by atoms with Gasteiger partial charge in [0.1, 0.15) is 0 Å². The lowest BCUT2D eigenvalue weighted by atomic mass is 10.1. The fourth-order valence-electron chi connectivity index (χ4n) is 2.39. The number of carbonyl (C=O) groups is 2. The Morgan fingerprint density at radius 1 is 1.30 bits per heavy atom. The van der Waals surface area contributed by atoms with E-state index >= 15 is 0 Å². The molecule has 118 valence electrons. The number of benzene rings is 1. The predicted octanol–water partition coefficient (Wildman–Crippen LogP) is 2.80. The van der Waals surface area contributed by atoms with E-state index < -0.39 is 17.8 Å². The first-order chi connectivity index (χ1) is 10.9. The van der Waals surface area contributed by atoms with Crippen LogP contribution in [0.25, 0.3) is 0 Å². The average molecular weight is 318 g/mol. The summed E-state index contributed by atoms with van der Waals surface area (Å²) in [7, 11) is 0. The number of halogens is 2. The van der Waals surface area contributed by atoms with Crippen LogP contribution in [-0.2, 0) is 11.3 Å². The molecule has 1 aromatic heterocycles. The van der Waals surface area contributed by atoms with Crippen molar-refractivity contribution >= 4 is 17.4 Å². The second-order valence-electron chi connectivity index (χ2n) is 5.08. The Kier molecular flexibility index (Phi) is 3.55. The van der Waals surface area contributed by atoms with Crippen LogP contribution in [0, 0.1) is 0 Å². The third kappa shape index (κ3) is 2.65. The number of anilines is 1. The summed E-state index contributed by atoms with van der Waals surface area (Å²) >= 11 is 0. The number of fused-ring (bicyclic) bond motifs is 1. The van der Waals surface area contributed by atoms with Gasteiger partial charge in [-0.1, -0.05) is 12.1 Å². The molecule has 0 N–H and O–H groups in total. The van der Waals surface area contributed by atoms with Gasteiger partial charge in [-0.3, -0.25) is 19.5 Å². The molecule has 5 nitrogen and oxygen atoms in total. The monoisotopic (exact) mass is 318 g/mol. The highest BCUT2D eigenvalue weighted by atomic mass is 19.3. The maximum absolute atomic E-state index is 13.9. The summed E-state index contributed by atoms with van der Waals surface area (Å²) in [5, 5.41) is 0. The predicted molar refractivity (Wildman–Crippen MR) is 77.4 cm³/mol. The van der Waals surface area contributed by atoms with E-state index in [0.717, 1.165) is 4.90 Å². The Bertz CT molecular complexity index is 778. The molecule has 0 radical (unpaired) electrons. The molecule has 1 aromatic carbocycles. The van der Waals surface area contributed by atoms with Crippen LogP contribution in [0.3, 0.4) is 0 Å². The molecule has 0 spiro atoms. The van der Waals surface area contributed by atoms with Crippen molar-refractivity contribution in [1.82, 2.24) is 4.98 Å². The van der Waals surface area contributed by atoms with Gasteiger partial charge in [0.15, 0.2) is 11.5 Å². The smallest absolute Gasteiger partial charge is 0.422 e. The van der Waals surface area contributed by atoms with E-state index in [-0.39, 0.29) is 23.5 Å². The summed E-state index contributed by atoms with van der Waals surface area (Å²) in [5.41, 5.74) is 0.723. The first-order valence-electron chi connectivity index (χ1n) is 6.82. The highest BCUT2D eigenvalue weighted by Crippen LogP contribution is 2.42. The third-order valence-electron chi connectivity index (χ3n) is 3.45. The summed E-state index contributed by atoms with van der Waals surface area (Å²) < 4.78 is 32.4. The number of aromatic nitrogens is 1. The van der Waals surface area contributed by atoms with Gasteiger partial charge in [0, 0.05) is 12.4 Å². The molecular weight excluding hydrogens is 306 g/mol. The quantitative estimate of drug-likeness (QED) is 0.817. The zero-order chi connectivity index (χ0) is 16.6. The van der Waals surface area contributed by atoms with Crippen molar-refractivity contribution in [2.45, 2.75) is 19.6 Å². The molecule has 0 bridgehead atoms. The van der Waals surface area contributed by atoms with Gasteiger partial charge in [0.25, 0.3) is 0 Å². The Morgan fingerprint density at radius 3 is 2.74 bits per heavy atom. The van der Waals surface area contributed by atoms with E-state index in [1.54, 1.807) is 18.3 Å². The molecule has 0 fully saturated rings. The minimum Gasteiger partial charge on any atom is -0.422 e. The first-order valence-corrected chi connectivity index (χ1v) is 6.82. The largest absolute Gasteiger partial charge is 0.483 e. The summed E-state index contributed by atoms with van der Waals surface area (Å²) in [5.74, 6) is -2.18. The Balaban J connectivity index is 2.11. The Labute approximate surface area is 130 Å².